The molecule has 0 aliphatic rings. The molecule has 2 rings (SSSR count). The van der Waals surface area contributed by atoms with E-state index in [2.05, 4.69) is 25.9 Å². The molecule has 0 atom stereocenters. The molecule has 5 N–H and O–H groups in total. The number of nitrogens with two attached hydrogens (primary N) is 2. The van der Waals surface area contributed by atoms with Gasteiger partial charge in [0.2, 0.25) is 0 Å². The Hall–Kier alpha value is -1.07. The number of thioether (sulfide) groups is 1. The second-order valence-corrected chi connectivity index (χ2v) is 5.65. The van der Waals surface area contributed by atoms with Gasteiger partial charge in [-0.1, -0.05) is 0 Å². The van der Waals surface area contributed by atoms with Crippen LogP contribution in [0.2, 0.25) is 0 Å². The second kappa shape index (κ2) is 6.59. The van der Waals surface area contributed by atoms with Crippen molar-refractivity contribution in [1.29, 1.82) is 0 Å². The fourth-order valence-electron chi connectivity index (χ4n) is 1.67. The lowest BCUT2D eigenvalue weighted by Gasteiger charge is -2.03. The predicted molar refractivity (Wildman–Crippen MR) is 76.9 cm³/mol. The average Bonchev–Trinajstić information content (AvgIpc) is 2.64. The lowest BCUT2D eigenvalue weighted by atomic mass is 10.5. The third kappa shape index (κ3) is 3.15. The van der Waals surface area contributed by atoms with Crippen LogP contribution in [-0.4, -0.2) is 30.0 Å². The SMILES string of the molecule is Cn1c(=O)[nH]c(=O)c2c1nc(Br)n2CCSC(N)=[NH2+].[Br-]. The summed E-state index contributed by atoms with van der Waals surface area (Å²) in [5, 5.41) is 5.63. The number of aryl methyl sites for hydroxylation is 2. The van der Waals surface area contributed by atoms with Gasteiger partial charge in [0.05, 0.1) is 0 Å². The summed E-state index contributed by atoms with van der Waals surface area (Å²) in [4.78, 5) is 29.8. The van der Waals surface area contributed by atoms with Crippen LogP contribution in [0.25, 0.3) is 11.2 Å². The van der Waals surface area contributed by atoms with Crippen molar-refractivity contribution in [3.8, 4) is 0 Å². The van der Waals surface area contributed by atoms with Gasteiger partial charge in [0.15, 0.2) is 15.9 Å². The minimum Gasteiger partial charge on any atom is -1.00 e. The van der Waals surface area contributed by atoms with Gasteiger partial charge < -0.3 is 21.5 Å². The van der Waals surface area contributed by atoms with Crippen LogP contribution >= 0.6 is 27.7 Å². The Kier molecular flexibility index (Phi) is 5.59. The second-order valence-electron chi connectivity index (χ2n) is 3.77. The highest BCUT2D eigenvalue weighted by Crippen LogP contribution is 2.16. The van der Waals surface area contributed by atoms with Crippen molar-refractivity contribution in [1.82, 2.24) is 19.1 Å². The summed E-state index contributed by atoms with van der Waals surface area (Å²) in [7, 11) is 1.55. The molecular weight excluding hydrogens is 416 g/mol. The van der Waals surface area contributed by atoms with Crippen LogP contribution in [0.1, 0.15) is 0 Å². The molecule has 2 aromatic heterocycles. The van der Waals surface area contributed by atoms with Crippen molar-refractivity contribution in [2.24, 2.45) is 12.8 Å². The Balaban J connectivity index is 0.00000200. The third-order valence-electron chi connectivity index (χ3n) is 2.54. The fraction of sp³-hybridized carbons (Fsp3) is 0.333. The van der Waals surface area contributed by atoms with Crippen molar-refractivity contribution in [3.05, 3.63) is 25.6 Å². The Bertz CT molecular complexity index is 764. The van der Waals surface area contributed by atoms with E-state index in [9.17, 15) is 9.59 Å². The number of hydrogen-bond donors (Lipinski definition) is 3. The first-order chi connectivity index (χ1) is 8.91. The van der Waals surface area contributed by atoms with Crippen LogP contribution in [0.5, 0.6) is 0 Å². The summed E-state index contributed by atoms with van der Waals surface area (Å²) in [5.41, 5.74) is 5.07. The molecule has 0 aliphatic heterocycles. The third-order valence-corrected chi connectivity index (χ3v) is 3.87. The first-order valence-electron chi connectivity index (χ1n) is 5.27. The van der Waals surface area contributed by atoms with Gasteiger partial charge in [-0.2, -0.15) is 0 Å². The van der Waals surface area contributed by atoms with E-state index in [4.69, 9.17) is 11.1 Å². The van der Waals surface area contributed by atoms with Crippen LogP contribution in [0, 0.1) is 0 Å². The molecule has 8 nitrogen and oxygen atoms in total. The maximum Gasteiger partial charge on any atom is 0.329 e. The van der Waals surface area contributed by atoms with Crippen LogP contribution in [0.4, 0.5) is 0 Å². The molecule has 0 saturated carbocycles. The normalized spacial score (nSPS) is 10.5. The van der Waals surface area contributed by atoms with Gasteiger partial charge in [-0.25, -0.2) is 9.78 Å². The summed E-state index contributed by atoms with van der Waals surface area (Å²) < 4.78 is 3.43. The number of aromatic amines is 1. The zero-order chi connectivity index (χ0) is 14.2. The molecule has 0 bridgehead atoms. The average molecular weight is 428 g/mol. The van der Waals surface area contributed by atoms with Crippen LogP contribution < -0.4 is 39.4 Å². The molecule has 2 aromatic rings. The van der Waals surface area contributed by atoms with Gasteiger partial charge in [-0.3, -0.25) is 25.5 Å². The predicted octanol–water partition coefficient (Wildman–Crippen LogP) is -5.00. The van der Waals surface area contributed by atoms with E-state index < -0.39 is 11.2 Å². The quantitative estimate of drug-likeness (QED) is 0.257. The van der Waals surface area contributed by atoms with Crippen LogP contribution in [0.15, 0.2) is 14.3 Å². The number of halogens is 2. The molecule has 0 radical (unpaired) electrons. The number of nitrogens with zero attached hydrogens (tertiary/aromatic N) is 3. The number of H-pyrrole nitrogens is 1. The standard InChI is InChI=1S/C9H11BrN6O2S.BrH/c1-15-5-4(6(17)14-9(15)18)16(7(10)13-5)2-3-19-8(11)12;/h2-3H2,1H3,(H3,11,12)(H,14,17,18);1H. The van der Waals surface area contributed by atoms with Gasteiger partial charge in [0.1, 0.15) is 0 Å². The summed E-state index contributed by atoms with van der Waals surface area (Å²) in [5.74, 6) is 0.592. The topological polar surface area (TPSA) is 124 Å². The number of imidazole rings is 1. The van der Waals surface area contributed by atoms with E-state index in [1.54, 1.807) is 11.6 Å². The first-order valence-corrected chi connectivity index (χ1v) is 7.05. The highest BCUT2D eigenvalue weighted by Gasteiger charge is 2.15. The van der Waals surface area contributed by atoms with Crippen molar-refractivity contribution in [3.63, 3.8) is 0 Å². The zero-order valence-electron chi connectivity index (χ0n) is 10.4. The number of rotatable bonds is 3. The van der Waals surface area contributed by atoms with Crippen LogP contribution in [0.3, 0.4) is 0 Å². The summed E-state index contributed by atoms with van der Waals surface area (Å²) in [6.45, 7) is 0.487. The van der Waals surface area contributed by atoms with E-state index >= 15 is 0 Å². The molecule has 11 heteroatoms. The molecule has 20 heavy (non-hydrogen) atoms. The molecular formula is C9H12Br2N6O2S. The first kappa shape index (κ1) is 17.0. The maximum absolute atomic E-state index is 11.9. The molecule has 0 aliphatic carbocycles. The van der Waals surface area contributed by atoms with E-state index in [1.165, 1.54) is 16.3 Å². The van der Waals surface area contributed by atoms with E-state index in [0.29, 0.717) is 28.2 Å². The Morgan fingerprint density at radius 3 is 2.80 bits per heavy atom. The highest BCUT2D eigenvalue weighted by molar-refractivity contribution is 9.10. The van der Waals surface area contributed by atoms with E-state index in [0.717, 1.165) is 0 Å². The smallest absolute Gasteiger partial charge is 0.329 e. The van der Waals surface area contributed by atoms with Gasteiger partial charge in [0.25, 0.3) is 10.7 Å². The number of fused-ring (bicyclic) bond motifs is 1. The summed E-state index contributed by atoms with van der Waals surface area (Å²) >= 11 is 4.56. The lowest BCUT2D eigenvalue weighted by molar-refractivity contribution is -0.110. The summed E-state index contributed by atoms with van der Waals surface area (Å²) in [6, 6.07) is 0. The molecule has 0 saturated heterocycles. The number of amidine groups is 1. The van der Waals surface area contributed by atoms with Crippen molar-refractivity contribution >= 4 is 44.0 Å². The molecule has 0 spiro atoms. The van der Waals surface area contributed by atoms with Crippen molar-refractivity contribution in [2.45, 2.75) is 6.54 Å². The van der Waals surface area contributed by atoms with Crippen LogP contribution in [-0.2, 0) is 13.6 Å². The fourth-order valence-corrected chi connectivity index (χ4v) is 2.70. The number of nitrogens with one attached hydrogen (secondary N) is 1. The van der Waals surface area contributed by atoms with Gasteiger partial charge in [-0.15, -0.1) is 0 Å². The van der Waals surface area contributed by atoms with Gasteiger partial charge >= 0.3 is 5.69 Å². The molecule has 110 valence electrons. The molecule has 0 amide bonds. The lowest BCUT2D eigenvalue weighted by Crippen LogP contribution is -3.00. The molecule has 0 fully saturated rings. The molecule has 0 unspecified atom stereocenters. The largest absolute Gasteiger partial charge is 1.00 e. The monoisotopic (exact) mass is 426 g/mol. The Morgan fingerprint density at radius 1 is 1.55 bits per heavy atom. The van der Waals surface area contributed by atoms with E-state index in [1.807, 2.05) is 0 Å². The van der Waals surface area contributed by atoms with Gasteiger partial charge in [-0.05, 0) is 27.7 Å². The Morgan fingerprint density at radius 2 is 2.20 bits per heavy atom. The van der Waals surface area contributed by atoms with Crippen molar-refractivity contribution in [2.75, 3.05) is 5.75 Å². The molecule has 2 heterocycles. The summed E-state index contributed by atoms with van der Waals surface area (Å²) in [6.07, 6.45) is 0. The zero-order valence-corrected chi connectivity index (χ0v) is 14.4. The number of hydrogen-bond acceptors (Lipinski definition) is 4. The Labute approximate surface area is 136 Å². The van der Waals surface area contributed by atoms with Gasteiger partial charge in [0, 0.05) is 19.3 Å². The minimum atomic E-state index is -0.497. The number of aromatic nitrogens is 4. The molecule has 0 aromatic carbocycles. The maximum atomic E-state index is 11.9. The highest BCUT2D eigenvalue weighted by atomic mass is 79.9. The van der Waals surface area contributed by atoms with E-state index in [-0.39, 0.29) is 22.1 Å². The van der Waals surface area contributed by atoms with Crippen molar-refractivity contribution < 1.29 is 22.4 Å². The minimum absolute atomic E-state index is 0.